The zero-order valence-corrected chi connectivity index (χ0v) is 10.8. The van der Waals surface area contributed by atoms with Gasteiger partial charge in [-0.25, -0.2) is 0 Å². The van der Waals surface area contributed by atoms with E-state index in [0.717, 1.165) is 12.2 Å². The zero-order chi connectivity index (χ0) is 12.2. The predicted octanol–water partition coefficient (Wildman–Crippen LogP) is 3.30. The minimum Gasteiger partial charge on any atom is -0.462 e. The van der Waals surface area contributed by atoms with Crippen molar-refractivity contribution in [3.8, 4) is 5.75 Å². The molecule has 1 aromatic rings. The lowest BCUT2D eigenvalue weighted by atomic mass is 10.4. The van der Waals surface area contributed by atoms with Gasteiger partial charge in [0.1, 0.15) is 18.3 Å². The van der Waals surface area contributed by atoms with E-state index in [1.54, 1.807) is 6.07 Å². The smallest absolute Gasteiger partial charge is 0.275 e. The molecule has 1 atom stereocenters. The van der Waals surface area contributed by atoms with Crippen molar-refractivity contribution in [3.63, 3.8) is 0 Å². The van der Waals surface area contributed by atoms with Crippen molar-refractivity contribution in [3.05, 3.63) is 42.1 Å². The van der Waals surface area contributed by atoms with Gasteiger partial charge in [-0.15, -0.1) is 0 Å². The van der Waals surface area contributed by atoms with E-state index in [2.05, 4.69) is 4.40 Å². The molecule has 8 heteroatoms. The Kier molecular flexibility index (Phi) is 3.43. The largest absolute Gasteiger partial charge is 0.462 e. The Balaban J connectivity index is 1.77. The summed E-state index contributed by atoms with van der Waals surface area (Å²) in [5, 5.41) is 0. The summed E-state index contributed by atoms with van der Waals surface area (Å²) in [6, 6.07) is 1.70. The first-order valence-electron chi connectivity index (χ1n) is 4.98. The lowest BCUT2D eigenvalue weighted by Gasteiger charge is -2.02. The van der Waals surface area contributed by atoms with Gasteiger partial charge in [0.15, 0.2) is 17.3 Å². The fraction of sp³-hybridized carbons (Fsp3) is 0.100. The average Bonchev–Trinajstić information content (AvgIpc) is 3.00. The number of furan rings is 1. The highest BCUT2D eigenvalue weighted by atomic mass is 32.2. The number of ether oxygens (including phenoxy) is 1. The van der Waals surface area contributed by atoms with Gasteiger partial charge >= 0.3 is 0 Å². The monoisotopic (exact) mass is 285 g/mol. The van der Waals surface area contributed by atoms with Crippen LogP contribution in [0.4, 0.5) is 0 Å². The Morgan fingerprint density at radius 2 is 2.28 bits per heavy atom. The number of hydrogen-bond donors (Lipinski definition) is 0. The van der Waals surface area contributed by atoms with Crippen LogP contribution in [0, 0.1) is 0 Å². The molecule has 2 aliphatic heterocycles. The molecule has 3 heterocycles. The van der Waals surface area contributed by atoms with Crippen LogP contribution in [-0.2, 0) is 13.4 Å². The first-order chi connectivity index (χ1) is 8.92. The molecule has 0 aromatic carbocycles. The van der Waals surface area contributed by atoms with E-state index >= 15 is 0 Å². The quantitative estimate of drug-likeness (QED) is 0.414. The molecule has 0 N–H and O–H groups in total. The summed E-state index contributed by atoms with van der Waals surface area (Å²) in [7, 11) is -0.182. The van der Waals surface area contributed by atoms with Gasteiger partial charge in [-0.2, -0.15) is 4.40 Å². The van der Waals surface area contributed by atoms with Gasteiger partial charge in [-0.3, -0.25) is 0 Å². The molecule has 0 spiro atoms. The number of nitrogens with zero attached hydrogens (tertiary/aromatic N) is 1. The van der Waals surface area contributed by atoms with Crippen LogP contribution in [0.5, 0.6) is 5.75 Å². The van der Waals surface area contributed by atoms with Crippen LogP contribution in [0.3, 0.4) is 0 Å². The Hall–Kier alpha value is -1.59. The van der Waals surface area contributed by atoms with Crippen LogP contribution >= 0.6 is 21.3 Å². The molecule has 0 saturated carbocycles. The minimum absolute atomic E-state index is 0.182. The fourth-order valence-electron chi connectivity index (χ4n) is 1.30. The van der Waals surface area contributed by atoms with Crippen molar-refractivity contribution in [2.24, 2.45) is 4.40 Å². The van der Waals surface area contributed by atoms with Crippen molar-refractivity contribution in [2.75, 3.05) is 0 Å². The van der Waals surface area contributed by atoms with E-state index in [-0.39, 0.29) is 9.03 Å². The number of fused-ring (bicyclic) bond motifs is 3. The highest BCUT2D eigenvalue weighted by Gasteiger charge is 2.15. The zero-order valence-electron chi connectivity index (χ0n) is 8.99. The number of rotatable bonds is 0. The van der Waals surface area contributed by atoms with Gasteiger partial charge in [0.25, 0.3) is 9.03 Å². The normalized spacial score (nSPS) is 19.8. The Bertz CT molecular complexity index is 524. The lowest BCUT2D eigenvalue weighted by molar-refractivity contribution is 0.339. The third-order valence-electron chi connectivity index (χ3n) is 2.09. The van der Waals surface area contributed by atoms with Gasteiger partial charge in [0.05, 0.1) is 18.9 Å². The summed E-state index contributed by atoms with van der Waals surface area (Å²) in [5.74, 6) is 2.43. The maximum atomic E-state index is 5.40. The number of hydrogen-bond acceptors (Lipinski definition) is 7. The van der Waals surface area contributed by atoms with E-state index in [9.17, 15) is 0 Å². The van der Waals surface area contributed by atoms with Crippen LogP contribution in [0.1, 0.15) is 12.2 Å². The van der Waals surface area contributed by atoms with E-state index in [0.29, 0.717) is 29.4 Å². The van der Waals surface area contributed by atoms with Crippen LogP contribution in [0.15, 0.2) is 45.2 Å². The molecule has 0 amide bonds. The minimum atomic E-state index is -0.182. The van der Waals surface area contributed by atoms with Crippen LogP contribution in [0.2, 0.25) is 0 Å². The first kappa shape index (κ1) is 11.5. The van der Waals surface area contributed by atoms with Crippen LogP contribution in [-0.4, -0.2) is 6.21 Å². The molecule has 6 nitrogen and oxygen atoms in total. The highest BCUT2D eigenvalue weighted by Crippen LogP contribution is 2.31. The molecule has 1 unspecified atom stereocenters. The maximum absolute atomic E-state index is 5.40. The molecule has 0 radical (unpaired) electrons. The predicted molar refractivity (Wildman–Crippen MR) is 66.9 cm³/mol. The Morgan fingerprint density at radius 1 is 1.28 bits per heavy atom. The molecule has 94 valence electrons. The van der Waals surface area contributed by atoms with Crippen molar-refractivity contribution in [2.45, 2.75) is 6.42 Å². The summed E-state index contributed by atoms with van der Waals surface area (Å²) in [6.45, 7) is 0. The molecular weight excluding hydrogens is 277 g/mol. The fourth-order valence-corrected chi connectivity index (χ4v) is 2.16. The van der Waals surface area contributed by atoms with Gasteiger partial charge < -0.3 is 22.4 Å². The van der Waals surface area contributed by atoms with Crippen molar-refractivity contribution in [1.82, 2.24) is 0 Å². The van der Waals surface area contributed by atoms with Crippen molar-refractivity contribution >= 4 is 27.5 Å². The second-order valence-corrected chi connectivity index (χ2v) is 4.44. The summed E-state index contributed by atoms with van der Waals surface area (Å²) in [6.07, 6.45) is 6.61. The third-order valence-corrected chi connectivity index (χ3v) is 3.09. The average molecular weight is 285 g/mol. The summed E-state index contributed by atoms with van der Waals surface area (Å²) >= 11 is 0.941. The molecule has 3 rings (SSSR count). The van der Waals surface area contributed by atoms with E-state index in [1.165, 1.54) is 25.0 Å². The standard InChI is InChI=1S/C10H8NO5PS/c1-2-12-10-4-11-18-16-8-3-7(13-5-8)6-14-17-15-9(1)10/h1-2,4-6,17H,3H2. The highest BCUT2D eigenvalue weighted by molar-refractivity contribution is 7.93. The van der Waals surface area contributed by atoms with E-state index in [4.69, 9.17) is 22.4 Å². The van der Waals surface area contributed by atoms with Gasteiger partial charge in [0, 0.05) is 6.07 Å². The Labute approximate surface area is 109 Å². The molecule has 0 aliphatic carbocycles. The summed E-state index contributed by atoms with van der Waals surface area (Å²) < 4.78 is 30.4. The molecule has 2 aliphatic rings. The van der Waals surface area contributed by atoms with Gasteiger partial charge in [-0.1, -0.05) is 0 Å². The molecule has 0 saturated heterocycles. The summed E-state index contributed by atoms with van der Waals surface area (Å²) in [5.41, 5.74) is 0. The second-order valence-electron chi connectivity index (χ2n) is 3.31. The molecule has 0 fully saturated rings. The third kappa shape index (κ3) is 2.63. The van der Waals surface area contributed by atoms with Gasteiger partial charge in [0.2, 0.25) is 12.2 Å². The molecule has 2 bridgehead atoms. The van der Waals surface area contributed by atoms with Crippen LogP contribution < -0.4 is 4.52 Å². The first-order valence-corrected chi connectivity index (χ1v) is 6.50. The topological polar surface area (TPSA) is 62.4 Å². The molecular formula is C10H8NO5PS. The van der Waals surface area contributed by atoms with Gasteiger partial charge in [-0.05, 0) is 0 Å². The maximum Gasteiger partial charge on any atom is 0.275 e. The van der Waals surface area contributed by atoms with Crippen molar-refractivity contribution < 1.29 is 22.4 Å². The molecule has 18 heavy (non-hydrogen) atoms. The molecule has 1 aromatic heterocycles. The summed E-state index contributed by atoms with van der Waals surface area (Å²) in [4.78, 5) is 0. The lowest BCUT2D eigenvalue weighted by Crippen LogP contribution is -1.83. The van der Waals surface area contributed by atoms with E-state index in [1.807, 2.05) is 0 Å². The Morgan fingerprint density at radius 3 is 3.28 bits per heavy atom. The van der Waals surface area contributed by atoms with Crippen molar-refractivity contribution in [1.29, 1.82) is 0 Å². The SMILES string of the molecule is C1=NSOC2=COC(=COPOc3ccoc31)C2. The second kappa shape index (κ2) is 5.37. The van der Waals surface area contributed by atoms with E-state index < -0.39 is 0 Å². The van der Waals surface area contributed by atoms with Crippen LogP contribution in [0.25, 0.3) is 0 Å².